The van der Waals surface area contributed by atoms with Crippen LogP contribution in [0.25, 0.3) is 11.0 Å². The molecule has 0 spiro atoms. The third-order valence-corrected chi connectivity index (χ3v) is 2.88. The van der Waals surface area contributed by atoms with E-state index in [1.165, 1.54) is 0 Å². The van der Waals surface area contributed by atoms with Gasteiger partial charge in [0.25, 0.3) is 5.91 Å². The summed E-state index contributed by atoms with van der Waals surface area (Å²) in [5.74, 6) is -0.205. The number of nitrogen functional groups attached to an aromatic ring is 1. The first-order chi connectivity index (χ1) is 9.72. The summed E-state index contributed by atoms with van der Waals surface area (Å²) in [6.45, 7) is 0. The van der Waals surface area contributed by atoms with Crippen LogP contribution < -0.4 is 11.1 Å². The zero-order chi connectivity index (χ0) is 13.9. The Labute approximate surface area is 115 Å². The Balaban J connectivity index is 1.88. The van der Waals surface area contributed by atoms with Gasteiger partial charge in [0.15, 0.2) is 0 Å². The first-order valence-corrected chi connectivity index (χ1v) is 6.10. The Morgan fingerprint density at radius 1 is 1.00 bits per heavy atom. The van der Waals surface area contributed by atoms with E-state index >= 15 is 0 Å². The van der Waals surface area contributed by atoms with Gasteiger partial charge in [-0.25, -0.2) is 0 Å². The molecule has 2 aromatic carbocycles. The molecular formula is C15H12N4O. The summed E-state index contributed by atoms with van der Waals surface area (Å²) in [6, 6.07) is 12.3. The molecule has 5 nitrogen and oxygen atoms in total. The number of anilines is 2. The molecule has 3 N–H and O–H groups in total. The second-order valence-corrected chi connectivity index (χ2v) is 4.34. The lowest BCUT2D eigenvalue weighted by Crippen LogP contribution is -2.12. The van der Waals surface area contributed by atoms with Gasteiger partial charge in [0.2, 0.25) is 0 Å². The van der Waals surface area contributed by atoms with Gasteiger partial charge in [-0.15, -0.1) is 0 Å². The Morgan fingerprint density at radius 3 is 2.60 bits per heavy atom. The van der Waals surface area contributed by atoms with Gasteiger partial charge in [-0.2, -0.15) is 0 Å². The number of nitrogens with two attached hydrogens (primary N) is 1. The predicted octanol–water partition coefficient (Wildman–Crippen LogP) is 2.46. The predicted molar refractivity (Wildman–Crippen MR) is 78.3 cm³/mol. The van der Waals surface area contributed by atoms with Crippen LogP contribution in [0.15, 0.2) is 54.9 Å². The average Bonchev–Trinajstić information content (AvgIpc) is 2.47. The molecule has 0 saturated carbocycles. The number of rotatable bonds is 2. The standard InChI is InChI=1S/C15H12N4O/c16-11-2-1-3-12(9-11)19-15(20)10-4-5-13-14(8-10)18-7-6-17-13/h1-9H,16H2,(H,19,20). The van der Waals surface area contributed by atoms with Crippen LogP contribution in [0.3, 0.4) is 0 Å². The maximum absolute atomic E-state index is 12.2. The minimum atomic E-state index is -0.205. The maximum Gasteiger partial charge on any atom is 0.255 e. The van der Waals surface area contributed by atoms with Crippen LogP contribution in [0, 0.1) is 0 Å². The topological polar surface area (TPSA) is 80.9 Å². The van der Waals surface area contributed by atoms with Crippen molar-refractivity contribution in [3.8, 4) is 0 Å². The SMILES string of the molecule is Nc1cccc(NC(=O)c2ccc3nccnc3c2)c1. The third kappa shape index (κ3) is 2.42. The summed E-state index contributed by atoms with van der Waals surface area (Å²) in [6.07, 6.45) is 3.22. The molecule has 98 valence electrons. The lowest BCUT2D eigenvalue weighted by Gasteiger charge is -2.06. The van der Waals surface area contributed by atoms with Crippen molar-refractivity contribution in [1.29, 1.82) is 0 Å². The lowest BCUT2D eigenvalue weighted by atomic mass is 10.1. The molecule has 0 saturated heterocycles. The second kappa shape index (κ2) is 4.97. The highest BCUT2D eigenvalue weighted by Crippen LogP contribution is 2.15. The van der Waals surface area contributed by atoms with Crippen LogP contribution in [-0.2, 0) is 0 Å². The van der Waals surface area contributed by atoms with E-state index in [1.54, 1.807) is 54.9 Å². The highest BCUT2D eigenvalue weighted by molar-refractivity contribution is 6.06. The van der Waals surface area contributed by atoms with E-state index in [0.29, 0.717) is 22.5 Å². The van der Waals surface area contributed by atoms with Gasteiger partial charge < -0.3 is 11.1 Å². The summed E-state index contributed by atoms with van der Waals surface area (Å²) in [7, 11) is 0. The van der Waals surface area contributed by atoms with Crippen molar-refractivity contribution in [2.45, 2.75) is 0 Å². The molecule has 3 rings (SSSR count). The molecule has 1 amide bonds. The Kier molecular flexibility index (Phi) is 3.01. The number of benzene rings is 2. The molecule has 0 bridgehead atoms. The van der Waals surface area contributed by atoms with Crippen LogP contribution >= 0.6 is 0 Å². The number of amides is 1. The highest BCUT2D eigenvalue weighted by atomic mass is 16.1. The number of hydrogen-bond acceptors (Lipinski definition) is 4. The molecule has 20 heavy (non-hydrogen) atoms. The molecule has 1 heterocycles. The first kappa shape index (κ1) is 12.1. The quantitative estimate of drug-likeness (QED) is 0.697. The van der Waals surface area contributed by atoms with E-state index < -0.39 is 0 Å². The minimum absolute atomic E-state index is 0.205. The Bertz CT molecular complexity index is 785. The molecule has 0 aliphatic carbocycles. The van der Waals surface area contributed by atoms with Gasteiger partial charge in [-0.3, -0.25) is 14.8 Å². The van der Waals surface area contributed by atoms with E-state index in [1.807, 2.05) is 0 Å². The number of hydrogen-bond donors (Lipinski definition) is 2. The fourth-order valence-electron chi connectivity index (χ4n) is 1.92. The Morgan fingerprint density at radius 2 is 1.80 bits per heavy atom. The Hall–Kier alpha value is -2.95. The molecule has 5 heteroatoms. The smallest absolute Gasteiger partial charge is 0.255 e. The van der Waals surface area contributed by atoms with Gasteiger partial charge in [0.05, 0.1) is 11.0 Å². The van der Waals surface area contributed by atoms with Crippen molar-refractivity contribution in [2.75, 3.05) is 11.1 Å². The summed E-state index contributed by atoms with van der Waals surface area (Å²) in [4.78, 5) is 20.5. The number of carbonyl (C=O) groups excluding carboxylic acids is 1. The monoisotopic (exact) mass is 264 g/mol. The zero-order valence-corrected chi connectivity index (χ0v) is 10.6. The molecule has 1 aromatic heterocycles. The van der Waals surface area contributed by atoms with Crippen molar-refractivity contribution >= 4 is 28.3 Å². The molecule has 0 aliphatic heterocycles. The molecule has 3 aromatic rings. The van der Waals surface area contributed by atoms with Gasteiger partial charge in [-0.1, -0.05) is 6.07 Å². The summed E-state index contributed by atoms with van der Waals surface area (Å²) in [5.41, 5.74) is 8.92. The highest BCUT2D eigenvalue weighted by Gasteiger charge is 2.07. The third-order valence-electron chi connectivity index (χ3n) is 2.88. The molecule has 0 unspecified atom stereocenters. The summed E-state index contributed by atoms with van der Waals surface area (Å²) in [5, 5.41) is 2.80. The van der Waals surface area contributed by atoms with Crippen LogP contribution in [0.2, 0.25) is 0 Å². The van der Waals surface area contributed by atoms with Crippen molar-refractivity contribution in [1.82, 2.24) is 9.97 Å². The molecule has 0 fully saturated rings. The van der Waals surface area contributed by atoms with E-state index in [2.05, 4.69) is 15.3 Å². The number of aromatic nitrogens is 2. The summed E-state index contributed by atoms with van der Waals surface area (Å²) < 4.78 is 0. The van der Waals surface area contributed by atoms with Gasteiger partial charge in [-0.05, 0) is 36.4 Å². The van der Waals surface area contributed by atoms with Crippen LogP contribution in [0.1, 0.15) is 10.4 Å². The van der Waals surface area contributed by atoms with E-state index in [4.69, 9.17) is 5.73 Å². The second-order valence-electron chi connectivity index (χ2n) is 4.34. The van der Waals surface area contributed by atoms with E-state index in [-0.39, 0.29) is 5.91 Å². The van der Waals surface area contributed by atoms with E-state index in [0.717, 1.165) is 5.52 Å². The van der Waals surface area contributed by atoms with Crippen molar-refractivity contribution in [2.24, 2.45) is 0 Å². The van der Waals surface area contributed by atoms with Crippen LogP contribution in [0.4, 0.5) is 11.4 Å². The minimum Gasteiger partial charge on any atom is -0.399 e. The maximum atomic E-state index is 12.2. The van der Waals surface area contributed by atoms with Crippen LogP contribution in [0.5, 0.6) is 0 Å². The molecular weight excluding hydrogens is 252 g/mol. The lowest BCUT2D eigenvalue weighted by molar-refractivity contribution is 0.102. The number of carbonyl (C=O) groups is 1. The summed E-state index contributed by atoms with van der Waals surface area (Å²) >= 11 is 0. The number of nitrogens with zero attached hydrogens (tertiary/aromatic N) is 2. The normalized spacial score (nSPS) is 10.4. The van der Waals surface area contributed by atoms with Crippen molar-refractivity contribution in [3.63, 3.8) is 0 Å². The van der Waals surface area contributed by atoms with Crippen molar-refractivity contribution < 1.29 is 4.79 Å². The fourth-order valence-corrected chi connectivity index (χ4v) is 1.92. The van der Waals surface area contributed by atoms with Gasteiger partial charge in [0, 0.05) is 29.3 Å². The largest absolute Gasteiger partial charge is 0.399 e. The first-order valence-electron chi connectivity index (χ1n) is 6.10. The number of nitrogens with one attached hydrogen (secondary N) is 1. The van der Waals surface area contributed by atoms with Gasteiger partial charge in [0.1, 0.15) is 0 Å². The molecule has 0 aliphatic rings. The molecule has 0 radical (unpaired) electrons. The van der Waals surface area contributed by atoms with Crippen LogP contribution in [-0.4, -0.2) is 15.9 Å². The number of fused-ring (bicyclic) bond motifs is 1. The van der Waals surface area contributed by atoms with E-state index in [9.17, 15) is 4.79 Å². The average molecular weight is 264 g/mol. The molecule has 0 atom stereocenters. The van der Waals surface area contributed by atoms with Gasteiger partial charge >= 0.3 is 0 Å². The zero-order valence-electron chi connectivity index (χ0n) is 10.6. The fraction of sp³-hybridized carbons (Fsp3) is 0. The van der Waals surface area contributed by atoms with Crippen molar-refractivity contribution in [3.05, 3.63) is 60.4 Å².